The molecule has 136 valence electrons. The number of aryl methyl sites for hydroxylation is 2. The van der Waals surface area contributed by atoms with Crippen molar-refractivity contribution >= 4 is 5.91 Å². The first kappa shape index (κ1) is 17.7. The molecule has 0 aliphatic heterocycles. The molecule has 0 saturated carbocycles. The summed E-state index contributed by atoms with van der Waals surface area (Å²) >= 11 is 0. The average Bonchev–Trinajstić information content (AvgIpc) is 3.23. The van der Waals surface area contributed by atoms with Crippen LogP contribution in [0.25, 0.3) is 0 Å². The summed E-state index contributed by atoms with van der Waals surface area (Å²) in [6, 6.07) is 9.96. The first-order chi connectivity index (χ1) is 12.6. The van der Waals surface area contributed by atoms with Crippen LogP contribution in [0.2, 0.25) is 0 Å². The number of imidazole rings is 1. The lowest BCUT2D eigenvalue weighted by Gasteiger charge is -2.05. The van der Waals surface area contributed by atoms with E-state index in [1.165, 1.54) is 4.68 Å². The van der Waals surface area contributed by atoms with Crippen LogP contribution >= 0.6 is 0 Å². The summed E-state index contributed by atoms with van der Waals surface area (Å²) < 4.78 is 4.69. The summed E-state index contributed by atoms with van der Waals surface area (Å²) in [6.07, 6.45) is 5.94. The van der Waals surface area contributed by atoms with Gasteiger partial charge in [0.2, 0.25) is 5.91 Å². The van der Waals surface area contributed by atoms with E-state index in [9.17, 15) is 9.59 Å². The second kappa shape index (κ2) is 8.28. The SMILES string of the molecule is Cc1nn(CC(=O)NCCn2ccnc2)c(=O)n1CCc1ccccc1. The Hall–Kier alpha value is -3.16. The first-order valence-corrected chi connectivity index (χ1v) is 8.54. The van der Waals surface area contributed by atoms with Crippen molar-refractivity contribution in [2.45, 2.75) is 33.0 Å². The van der Waals surface area contributed by atoms with Gasteiger partial charge in [-0.2, -0.15) is 5.10 Å². The summed E-state index contributed by atoms with van der Waals surface area (Å²) in [7, 11) is 0. The molecule has 8 nitrogen and oxygen atoms in total. The van der Waals surface area contributed by atoms with Crippen LogP contribution in [-0.2, 0) is 30.8 Å². The Kier molecular flexibility index (Phi) is 5.62. The van der Waals surface area contributed by atoms with Gasteiger partial charge in [0.05, 0.1) is 6.33 Å². The third-order valence-electron chi connectivity index (χ3n) is 4.12. The quantitative estimate of drug-likeness (QED) is 0.642. The Bertz CT molecular complexity index is 896. The second-order valence-corrected chi connectivity index (χ2v) is 6.03. The number of carbonyl (C=O) groups excluding carboxylic acids is 1. The van der Waals surface area contributed by atoms with Gasteiger partial charge in [-0.25, -0.2) is 14.5 Å². The largest absolute Gasteiger partial charge is 0.353 e. The summed E-state index contributed by atoms with van der Waals surface area (Å²) in [6.45, 7) is 3.33. The molecule has 1 N–H and O–H groups in total. The van der Waals surface area contributed by atoms with Crippen LogP contribution in [0.5, 0.6) is 0 Å². The number of hydrogen-bond acceptors (Lipinski definition) is 4. The first-order valence-electron chi connectivity index (χ1n) is 8.54. The topological polar surface area (TPSA) is 86.7 Å². The third-order valence-corrected chi connectivity index (χ3v) is 4.12. The van der Waals surface area contributed by atoms with Crippen molar-refractivity contribution in [3.05, 3.63) is 70.9 Å². The number of nitrogens with one attached hydrogen (secondary N) is 1. The Morgan fingerprint density at radius 3 is 2.73 bits per heavy atom. The van der Waals surface area contributed by atoms with E-state index in [-0.39, 0.29) is 18.1 Å². The molecular formula is C18H22N6O2. The van der Waals surface area contributed by atoms with Gasteiger partial charge in [0.1, 0.15) is 12.4 Å². The van der Waals surface area contributed by atoms with Crippen LogP contribution in [0.1, 0.15) is 11.4 Å². The van der Waals surface area contributed by atoms with Crippen LogP contribution < -0.4 is 11.0 Å². The minimum atomic E-state index is -0.261. The van der Waals surface area contributed by atoms with Crippen molar-refractivity contribution in [1.82, 2.24) is 29.2 Å². The van der Waals surface area contributed by atoms with Gasteiger partial charge in [-0.3, -0.25) is 9.36 Å². The van der Waals surface area contributed by atoms with Crippen molar-refractivity contribution in [1.29, 1.82) is 0 Å². The molecule has 0 fully saturated rings. The third kappa shape index (κ3) is 4.47. The predicted octanol–water partition coefficient (Wildman–Crippen LogP) is 0.609. The van der Waals surface area contributed by atoms with E-state index in [1.807, 2.05) is 41.1 Å². The Morgan fingerprint density at radius 2 is 2.00 bits per heavy atom. The zero-order chi connectivity index (χ0) is 18.4. The molecular weight excluding hydrogens is 332 g/mol. The molecule has 0 aliphatic carbocycles. The molecule has 2 heterocycles. The van der Waals surface area contributed by atoms with Crippen molar-refractivity contribution in [3.63, 3.8) is 0 Å². The molecule has 0 aliphatic rings. The van der Waals surface area contributed by atoms with Gasteiger partial charge in [-0.05, 0) is 18.9 Å². The number of hydrogen-bond donors (Lipinski definition) is 1. The molecule has 0 unspecified atom stereocenters. The second-order valence-electron chi connectivity index (χ2n) is 6.03. The molecule has 1 amide bonds. The summed E-state index contributed by atoms with van der Waals surface area (Å²) in [5.41, 5.74) is 0.895. The van der Waals surface area contributed by atoms with E-state index in [0.29, 0.717) is 25.5 Å². The van der Waals surface area contributed by atoms with E-state index in [4.69, 9.17) is 0 Å². The molecule has 0 atom stereocenters. The van der Waals surface area contributed by atoms with Crippen molar-refractivity contribution in [2.75, 3.05) is 6.54 Å². The summed E-state index contributed by atoms with van der Waals surface area (Å²) in [5.74, 6) is 0.372. The predicted molar refractivity (Wildman–Crippen MR) is 96.6 cm³/mol. The molecule has 2 aromatic heterocycles. The molecule has 0 saturated heterocycles. The minimum absolute atomic E-state index is 0.0814. The number of benzene rings is 1. The average molecular weight is 354 g/mol. The maximum atomic E-state index is 12.5. The molecule has 0 radical (unpaired) electrons. The highest BCUT2D eigenvalue weighted by Crippen LogP contribution is 2.02. The Labute approximate surface area is 151 Å². The lowest BCUT2D eigenvalue weighted by atomic mass is 10.1. The fourth-order valence-electron chi connectivity index (χ4n) is 2.73. The number of rotatable bonds is 8. The highest BCUT2D eigenvalue weighted by molar-refractivity contribution is 5.75. The van der Waals surface area contributed by atoms with Crippen LogP contribution in [0, 0.1) is 6.92 Å². The summed E-state index contributed by atoms with van der Waals surface area (Å²) in [5, 5.41) is 7.00. The lowest BCUT2D eigenvalue weighted by molar-refractivity contribution is -0.121. The number of carbonyl (C=O) groups is 1. The fourth-order valence-corrected chi connectivity index (χ4v) is 2.73. The van der Waals surface area contributed by atoms with Gasteiger partial charge in [0, 0.05) is 32.0 Å². The van der Waals surface area contributed by atoms with Gasteiger partial charge < -0.3 is 9.88 Å². The van der Waals surface area contributed by atoms with E-state index < -0.39 is 0 Å². The number of aromatic nitrogens is 5. The standard InChI is InChI=1S/C18H22N6O2/c1-15-21-24(13-17(25)20-9-12-22-11-8-19-14-22)18(26)23(15)10-7-16-5-3-2-4-6-16/h2-6,8,11,14H,7,9-10,12-13H2,1H3,(H,20,25). The molecule has 26 heavy (non-hydrogen) atoms. The maximum Gasteiger partial charge on any atom is 0.346 e. The van der Waals surface area contributed by atoms with Gasteiger partial charge in [0.25, 0.3) is 0 Å². The van der Waals surface area contributed by atoms with Crippen molar-refractivity contribution in [3.8, 4) is 0 Å². The normalized spacial score (nSPS) is 10.8. The molecule has 1 aromatic carbocycles. The van der Waals surface area contributed by atoms with E-state index in [0.717, 1.165) is 12.0 Å². The molecule has 8 heteroatoms. The van der Waals surface area contributed by atoms with Gasteiger partial charge in [0.15, 0.2) is 0 Å². The zero-order valence-electron chi connectivity index (χ0n) is 14.7. The van der Waals surface area contributed by atoms with Crippen molar-refractivity contribution < 1.29 is 4.79 Å². The highest BCUT2D eigenvalue weighted by Gasteiger charge is 2.12. The van der Waals surface area contributed by atoms with Crippen LogP contribution in [0.4, 0.5) is 0 Å². The molecule has 0 bridgehead atoms. The van der Waals surface area contributed by atoms with Crippen molar-refractivity contribution in [2.24, 2.45) is 0 Å². The fraction of sp³-hybridized carbons (Fsp3) is 0.333. The van der Waals surface area contributed by atoms with E-state index in [2.05, 4.69) is 15.4 Å². The van der Waals surface area contributed by atoms with E-state index in [1.54, 1.807) is 24.0 Å². The van der Waals surface area contributed by atoms with Crippen LogP contribution in [0.3, 0.4) is 0 Å². The van der Waals surface area contributed by atoms with Gasteiger partial charge in [-0.1, -0.05) is 30.3 Å². The van der Waals surface area contributed by atoms with Crippen LogP contribution in [-0.4, -0.2) is 36.4 Å². The maximum absolute atomic E-state index is 12.5. The Morgan fingerprint density at radius 1 is 1.19 bits per heavy atom. The molecule has 0 spiro atoms. The minimum Gasteiger partial charge on any atom is -0.353 e. The van der Waals surface area contributed by atoms with Crippen LogP contribution in [0.15, 0.2) is 53.8 Å². The molecule has 3 aromatic rings. The smallest absolute Gasteiger partial charge is 0.346 e. The number of amides is 1. The summed E-state index contributed by atoms with van der Waals surface area (Å²) in [4.78, 5) is 28.5. The van der Waals surface area contributed by atoms with Gasteiger partial charge >= 0.3 is 5.69 Å². The highest BCUT2D eigenvalue weighted by atomic mass is 16.2. The lowest BCUT2D eigenvalue weighted by Crippen LogP contribution is -2.35. The zero-order valence-corrected chi connectivity index (χ0v) is 14.7. The number of nitrogens with zero attached hydrogens (tertiary/aromatic N) is 5. The Balaban J connectivity index is 1.55. The van der Waals surface area contributed by atoms with E-state index >= 15 is 0 Å². The van der Waals surface area contributed by atoms with Gasteiger partial charge in [-0.15, -0.1) is 0 Å². The molecule has 3 rings (SSSR count). The monoisotopic (exact) mass is 354 g/mol.